The number of nitrogens with zero attached hydrogens (tertiary/aromatic N) is 1. The van der Waals surface area contributed by atoms with Crippen molar-refractivity contribution in [2.75, 3.05) is 0 Å². The molecule has 1 N–H and O–H groups in total. The summed E-state index contributed by atoms with van der Waals surface area (Å²) in [6, 6.07) is 5.24. The highest BCUT2D eigenvalue weighted by Crippen LogP contribution is 2.38. The van der Waals surface area contributed by atoms with Crippen molar-refractivity contribution in [1.29, 1.82) is 0 Å². The van der Waals surface area contributed by atoms with E-state index in [4.69, 9.17) is 4.52 Å². The molecule has 2 aromatic rings. The number of phenols is 1. The molecule has 1 aromatic heterocycles. The average Bonchev–Trinajstić information content (AvgIpc) is 2.82. The zero-order valence-electron chi connectivity index (χ0n) is 8.44. The number of hydrogen-bond acceptors (Lipinski definition) is 3. The molecule has 1 aliphatic rings. The second-order valence-corrected chi connectivity index (χ2v) is 4.23. The van der Waals surface area contributed by atoms with Gasteiger partial charge in [0.15, 0.2) is 0 Å². The van der Waals surface area contributed by atoms with Crippen LogP contribution in [0.3, 0.4) is 0 Å². The van der Waals surface area contributed by atoms with Crippen molar-refractivity contribution in [2.45, 2.75) is 31.6 Å². The van der Waals surface area contributed by atoms with E-state index in [-0.39, 0.29) is 5.75 Å². The number of hydrogen-bond donors (Lipinski definition) is 1. The first kappa shape index (κ1) is 8.77. The Labute approximate surface area is 87.7 Å². The van der Waals surface area contributed by atoms with Crippen LogP contribution in [-0.4, -0.2) is 10.3 Å². The molecule has 3 rings (SSSR count). The Morgan fingerprint density at radius 2 is 2.07 bits per heavy atom. The molecule has 1 saturated carbocycles. The maximum Gasteiger partial charge on any atom is 0.147 e. The van der Waals surface area contributed by atoms with Crippen LogP contribution in [0.25, 0.3) is 10.9 Å². The van der Waals surface area contributed by atoms with Gasteiger partial charge in [0.25, 0.3) is 0 Å². The van der Waals surface area contributed by atoms with Crippen molar-refractivity contribution in [2.24, 2.45) is 0 Å². The van der Waals surface area contributed by atoms with Gasteiger partial charge in [0.1, 0.15) is 17.0 Å². The van der Waals surface area contributed by atoms with Gasteiger partial charge >= 0.3 is 0 Å². The number of aromatic nitrogens is 1. The summed E-state index contributed by atoms with van der Waals surface area (Å²) in [6.45, 7) is 0. The van der Waals surface area contributed by atoms with Crippen molar-refractivity contribution in [1.82, 2.24) is 5.16 Å². The van der Waals surface area contributed by atoms with Crippen molar-refractivity contribution in [3.05, 3.63) is 24.0 Å². The number of aromatic hydroxyl groups is 1. The molecule has 0 aliphatic heterocycles. The van der Waals surface area contributed by atoms with Crippen LogP contribution in [0.4, 0.5) is 0 Å². The number of phenolic OH excluding ortho intramolecular Hbond substituents is 1. The smallest absolute Gasteiger partial charge is 0.147 e. The van der Waals surface area contributed by atoms with Gasteiger partial charge in [-0.3, -0.25) is 0 Å². The predicted molar refractivity (Wildman–Crippen MR) is 56.9 cm³/mol. The summed E-state index contributed by atoms with van der Waals surface area (Å²) in [4.78, 5) is 0. The molecule has 1 heterocycles. The van der Waals surface area contributed by atoms with Gasteiger partial charge in [0.05, 0.1) is 0 Å². The molecule has 0 spiro atoms. The minimum Gasteiger partial charge on any atom is -0.508 e. The monoisotopic (exact) mass is 203 g/mol. The largest absolute Gasteiger partial charge is 0.508 e. The van der Waals surface area contributed by atoms with Gasteiger partial charge in [-0.25, -0.2) is 0 Å². The van der Waals surface area contributed by atoms with Crippen LogP contribution in [0.15, 0.2) is 22.7 Å². The molecule has 3 nitrogen and oxygen atoms in total. The molecular formula is C12H13NO2. The number of benzene rings is 1. The van der Waals surface area contributed by atoms with Crippen LogP contribution in [0.5, 0.6) is 5.75 Å². The fourth-order valence-electron chi connectivity index (χ4n) is 2.43. The molecule has 15 heavy (non-hydrogen) atoms. The van der Waals surface area contributed by atoms with Crippen molar-refractivity contribution >= 4 is 10.9 Å². The Hall–Kier alpha value is -1.51. The van der Waals surface area contributed by atoms with E-state index in [0.29, 0.717) is 5.92 Å². The molecule has 1 aromatic carbocycles. The van der Waals surface area contributed by atoms with Gasteiger partial charge in [-0.15, -0.1) is 0 Å². The Kier molecular flexibility index (Phi) is 1.91. The normalized spacial score (nSPS) is 17.6. The van der Waals surface area contributed by atoms with Crippen LogP contribution in [0, 0.1) is 0 Å². The van der Waals surface area contributed by atoms with E-state index in [9.17, 15) is 5.11 Å². The van der Waals surface area contributed by atoms with E-state index in [2.05, 4.69) is 5.16 Å². The summed E-state index contributed by atoms with van der Waals surface area (Å²) in [6.07, 6.45) is 4.96. The van der Waals surface area contributed by atoms with E-state index in [1.165, 1.54) is 25.7 Å². The molecule has 0 atom stereocenters. The van der Waals surface area contributed by atoms with Gasteiger partial charge in [-0.2, -0.15) is 0 Å². The standard InChI is InChI=1S/C12H13NO2/c14-9-5-6-10-11(7-9)13-15-12(10)8-3-1-2-4-8/h5-8,14H,1-4H2. The fourth-order valence-corrected chi connectivity index (χ4v) is 2.43. The molecule has 0 radical (unpaired) electrons. The van der Waals surface area contributed by atoms with Crippen molar-refractivity contribution < 1.29 is 9.63 Å². The molecule has 0 saturated heterocycles. The lowest BCUT2D eigenvalue weighted by atomic mass is 10.0. The quantitative estimate of drug-likeness (QED) is 0.774. The molecular weight excluding hydrogens is 190 g/mol. The van der Waals surface area contributed by atoms with E-state index in [1.54, 1.807) is 12.1 Å². The summed E-state index contributed by atoms with van der Waals surface area (Å²) in [7, 11) is 0. The van der Waals surface area contributed by atoms with Gasteiger partial charge in [-0.1, -0.05) is 18.0 Å². The van der Waals surface area contributed by atoms with Gasteiger partial charge in [-0.05, 0) is 25.0 Å². The summed E-state index contributed by atoms with van der Waals surface area (Å²) in [5, 5.41) is 14.4. The van der Waals surface area contributed by atoms with Crippen LogP contribution < -0.4 is 0 Å². The molecule has 0 unspecified atom stereocenters. The zero-order valence-corrected chi connectivity index (χ0v) is 8.44. The third-order valence-electron chi connectivity index (χ3n) is 3.22. The van der Waals surface area contributed by atoms with Gasteiger partial charge in [0.2, 0.25) is 0 Å². The molecule has 3 heteroatoms. The van der Waals surface area contributed by atoms with Crippen molar-refractivity contribution in [3.63, 3.8) is 0 Å². The van der Waals surface area contributed by atoms with E-state index < -0.39 is 0 Å². The number of rotatable bonds is 1. The second kappa shape index (κ2) is 3.26. The highest BCUT2D eigenvalue weighted by Gasteiger charge is 2.23. The summed E-state index contributed by atoms with van der Waals surface area (Å²) in [5.74, 6) is 1.77. The Bertz CT molecular complexity index is 483. The minimum absolute atomic E-state index is 0.244. The van der Waals surface area contributed by atoms with E-state index in [1.807, 2.05) is 6.07 Å². The molecule has 1 aliphatic carbocycles. The molecule has 78 valence electrons. The Morgan fingerprint density at radius 1 is 1.27 bits per heavy atom. The van der Waals surface area contributed by atoms with Crippen molar-refractivity contribution in [3.8, 4) is 5.75 Å². The number of fused-ring (bicyclic) bond motifs is 1. The molecule has 0 amide bonds. The van der Waals surface area contributed by atoms with E-state index >= 15 is 0 Å². The van der Waals surface area contributed by atoms with Crippen LogP contribution >= 0.6 is 0 Å². The van der Waals surface area contributed by atoms with Crippen LogP contribution in [0.1, 0.15) is 37.4 Å². The summed E-state index contributed by atoms with van der Waals surface area (Å²) >= 11 is 0. The molecule has 0 bridgehead atoms. The Morgan fingerprint density at radius 3 is 2.87 bits per heavy atom. The summed E-state index contributed by atoms with van der Waals surface area (Å²) in [5.41, 5.74) is 0.761. The SMILES string of the molecule is Oc1ccc2c(C3CCCC3)onc2c1. The Balaban J connectivity index is 2.11. The average molecular weight is 203 g/mol. The first-order valence-electron chi connectivity index (χ1n) is 5.43. The van der Waals surface area contributed by atoms with Gasteiger partial charge < -0.3 is 9.63 Å². The first-order chi connectivity index (χ1) is 7.34. The van der Waals surface area contributed by atoms with Gasteiger partial charge in [0, 0.05) is 17.4 Å². The first-order valence-corrected chi connectivity index (χ1v) is 5.43. The topological polar surface area (TPSA) is 46.3 Å². The fraction of sp³-hybridized carbons (Fsp3) is 0.417. The second-order valence-electron chi connectivity index (χ2n) is 4.23. The predicted octanol–water partition coefficient (Wildman–Crippen LogP) is 3.19. The maximum absolute atomic E-state index is 9.32. The van der Waals surface area contributed by atoms with E-state index in [0.717, 1.165) is 16.7 Å². The lowest BCUT2D eigenvalue weighted by Crippen LogP contribution is -1.89. The van der Waals surface area contributed by atoms with Crippen LogP contribution in [-0.2, 0) is 0 Å². The minimum atomic E-state index is 0.244. The lowest BCUT2D eigenvalue weighted by molar-refractivity contribution is 0.368. The third-order valence-corrected chi connectivity index (χ3v) is 3.22. The highest BCUT2D eigenvalue weighted by atomic mass is 16.5. The molecule has 1 fully saturated rings. The third kappa shape index (κ3) is 1.39. The highest BCUT2D eigenvalue weighted by molar-refractivity contribution is 5.82. The maximum atomic E-state index is 9.32. The zero-order chi connectivity index (χ0) is 10.3. The lowest BCUT2D eigenvalue weighted by Gasteiger charge is -2.03. The van der Waals surface area contributed by atoms with Crippen LogP contribution in [0.2, 0.25) is 0 Å². The summed E-state index contributed by atoms with van der Waals surface area (Å²) < 4.78 is 5.39.